The lowest BCUT2D eigenvalue weighted by Gasteiger charge is -2.09. The minimum Gasteiger partial charge on any atom is -0.741 e. The number of para-hydroxylation sites is 4. The number of aromatic nitrogens is 2. The van der Waals surface area contributed by atoms with Crippen LogP contribution in [0.5, 0.6) is 0 Å². The van der Waals surface area contributed by atoms with Gasteiger partial charge in [-0.1, -0.05) is 128 Å². The molecule has 0 aliphatic rings. The van der Waals surface area contributed by atoms with E-state index in [1.165, 1.54) is 32.7 Å². The number of carbonyl (C=O) groups is 2. The van der Waals surface area contributed by atoms with Crippen molar-refractivity contribution in [1.29, 1.82) is 0 Å². The molecule has 0 atom stereocenters. The maximum Gasteiger partial charge on any atom is 0.485 e. The van der Waals surface area contributed by atoms with Gasteiger partial charge >= 0.3 is 17.4 Å². The van der Waals surface area contributed by atoms with Crippen LogP contribution in [0.4, 0.5) is 13.2 Å². The van der Waals surface area contributed by atoms with E-state index in [2.05, 4.69) is 96.2 Å². The van der Waals surface area contributed by atoms with E-state index < -0.39 is 15.6 Å². The molecule has 6 aromatic carbocycles. The van der Waals surface area contributed by atoms with Crippen molar-refractivity contribution in [1.82, 2.24) is 4.98 Å². The first kappa shape index (κ1) is 47.4. The monoisotopic (exact) mass is 876 g/mol. The highest BCUT2D eigenvalue weighted by Crippen LogP contribution is 2.26. The number of pyridine rings is 2. The highest BCUT2D eigenvalue weighted by molar-refractivity contribution is 7.86. The lowest BCUT2D eigenvalue weighted by atomic mass is 10.0. The summed E-state index contributed by atoms with van der Waals surface area (Å²) in [5.74, 6) is -0.300. The van der Waals surface area contributed by atoms with Gasteiger partial charge in [0.1, 0.15) is 19.6 Å². The molecule has 8 aromatic rings. The third-order valence-corrected chi connectivity index (χ3v) is 10.4. The van der Waals surface area contributed by atoms with E-state index in [-0.39, 0.29) is 11.9 Å². The van der Waals surface area contributed by atoms with E-state index in [4.69, 9.17) is 22.4 Å². The van der Waals surface area contributed by atoms with Crippen molar-refractivity contribution in [2.45, 2.75) is 65.3 Å². The van der Waals surface area contributed by atoms with Crippen LogP contribution in [-0.2, 0) is 48.9 Å². The Morgan fingerprint density at radius 3 is 1.33 bits per heavy atom. The smallest absolute Gasteiger partial charge is 0.485 e. The highest BCUT2D eigenvalue weighted by Gasteiger charge is 2.37. The minimum absolute atomic E-state index is 0.119. The second-order valence-corrected chi connectivity index (χ2v) is 15.6. The summed E-state index contributed by atoms with van der Waals surface area (Å²) in [5.41, 5.74) is 3.42. The zero-order chi connectivity index (χ0) is 45.4. The number of nitrogens with zero attached hydrogens (tertiary/aromatic N) is 2. The quantitative estimate of drug-likeness (QED) is 0.0461. The average molecular weight is 877 g/mol. The molecule has 0 aliphatic carbocycles. The van der Waals surface area contributed by atoms with Crippen molar-refractivity contribution in [3.63, 3.8) is 0 Å². The Balaban J connectivity index is 0.000000176. The Morgan fingerprint density at radius 1 is 0.571 bits per heavy atom. The Kier molecular flexibility index (Phi) is 16.8. The normalized spacial score (nSPS) is 11.1. The third kappa shape index (κ3) is 13.4. The van der Waals surface area contributed by atoms with Crippen LogP contribution in [0.15, 0.2) is 158 Å². The van der Waals surface area contributed by atoms with E-state index in [1.807, 2.05) is 91.9 Å². The molecule has 326 valence electrons. The SMILES string of the molecule is CCCC(=O)OCc1ccccc1.Cc1c2ccccc2[n+](CCC(=O)OCc2ccccc2)c2ccccc12.Cc1c2ccccc2nc2ccccc12.O=S(=O)([O-])C(F)(F)F. The molecule has 0 saturated carbocycles. The fourth-order valence-electron chi connectivity index (χ4n) is 6.65. The first-order valence-corrected chi connectivity index (χ1v) is 21.5. The minimum atomic E-state index is -6.09. The molecule has 8 rings (SSSR count). The topological polar surface area (TPSA) is 127 Å². The molecule has 0 N–H and O–H groups in total. The molecular formula is C50H47F3N2O7S. The van der Waals surface area contributed by atoms with Crippen molar-refractivity contribution in [3.8, 4) is 0 Å². The number of hydrogen-bond donors (Lipinski definition) is 0. The highest BCUT2D eigenvalue weighted by atomic mass is 32.2. The number of fused-ring (bicyclic) bond motifs is 4. The second kappa shape index (κ2) is 22.4. The molecule has 9 nitrogen and oxygen atoms in total. The molecule has 0 aliphatic heterocycles. The number of aryl methyl sites for hydroxylation is 3. The van der Waals surface area contributed by atoms with E-state index in [0.717, 1.165) is 39.6 Å². The van der Waals surface area contributed by atoms with Gasteiger partial charge in [-0.15, -0.1) is 0 Å². The summed E-state index contributed by atoms with van der Waals surface area (Å²) in [7, 11) is -6.09. The zero-order valence-electron chi connectivity index (χ0n) is 35.0. The van der Waals surface area contributed by atoms with Crippen LogP contribution in [0.25, 0.3) is 43.6 Å². The summed E-state index contributed by atoms with van der Waals surface area (Å²) >= 11 is 0. The van der Waals surface area contributed by atoms with Gasteiger partial charge in [0.15, 0.2) is 16.7 Å². The molecule has 0 unspecified atom stereocenters. The molecule has 0 fully saturated rings. The maximum atomic E-state index is 12.3. The van der Waals surface area contributed by atoms with Gasteiger partial charge in [0.05, 0.1) is 11.0 Å². The number of hydrogen-bond acceptors (Lipinski definition) is 8. The Labute approximate surface area is 364 Å². The van der Waals surface area contributed by atoms with Crippen molar-refractivity contribution in [2.75, 3.05) is 0 Å². The number of halogens is 3. The van der Waals surface area contributed by atoms with Gasteiger partial charge in [-0.25, -0.2) is 13.4 Å². The van der Waals surface area contributed by atoms with Gasteiger partial charge in [0.2, 0.25) is 11.0 Å². The van der Waals surface area contributed by atoms with E-state index in [0.29, 0.717) is 32.6 Å². The molecule has 0 spiro atoms. The summed E-state index contributed by atoms with van der Waals surface area (Å²) in [6, 6.07) is 52.8. The maximum absolute atomic E-state index is 12.3. The van der Waals surface area contributed by atoms with Crippen molar-refractivity contribution >= 4 is 65.7 Å². The molecule has 63 heavy (non-hydrogen) atoms. The Hall–Kier alpha value is -6.70. The molecule has 2 heterocycles. The van der Waals surface area contributed by atoms with E-state index in [1.54, 1.807) is 0 Å². The summed E-state index contributed by atoms with van der Waals surface area (Å²) in [6.45, 7) is 7.58. The fourth-order valence-corrected chi connectivity index (χ4v) is 6.65. The van der Waals surface area contributed by atoms with Crippen LogP contribution in [0, 0.1) is 13.8 Å². The van der Waals surface area contributed by atoms with E-state index >= 15 is 0 Å². The second-order valence-electron chi connectivity index (χ2n) is 14.3. The number of rotatable bonds is 9. The molecule has 2 aromatic heterocycles. The van der Waals surface area contributed by atoms with Crippen LogP contribution in [0.2, 0.25) is 0 Å². The van der Waals surface area contributed by atoms with Crippen LogP contribution in [0.3, 0.4) is 0 Å². The lowest BCUT2D eigenvalue weighted by Crippen LogP contribution is -2.37. The van der Waals surface area contributed by atoms with Crippen molar-refractivity contribution in [2.24, 2.45) is 0 Å². The standard InChI is InChI=1S/C24H22NO2.C14H11N.C11H14O2.CHF3O3S/c1-18-20-11-5-7-13-22(20)25(23-14-8-6-12-21(18)23)16-15-24(26)27-17-19-9-3-2-4-10-19;1-10-11-6-2-4-8-13(11)15-14-9-5-3-7-12(10)14;1-2-6-11(12)13-9-10-7-4-3-5-8-10;2-1(3,4)8(5,6)7/h2-14H,15-17H2,1H3;2-9H,1H3;3-5,7-8H,2,6,9H2,1H3;(H,5,6,7)/q+1;;;/p-1. The average Bonchev–Trinajstić information content (AvgIpc) is 3.28. The first-order chi connectivity index (χ1) is 30.2. The predicted octanol–water partition coefficient (Wildman–Crippen LogP) is 11.0. The molecular weight excluding hydrogens is 830 g/mol. The number of alkyl halides is 3. The fraction of sp³-hybridized carbons (Fsp3) is 0.200. The lowest BCUT2D eigenvalue weighted by molar-refractivity contribution is -0.644. The van der Waals surface area contributed by atoms with E-state index in [9.17, 15) is 22.8 Å². The van der Waals surface area contributed by atoms with Crippen molar-refractivity contribution in [3.05, 3.63) is 180 Å². The van der Waals surface area contributed by atoms with Crippen LogP contribution in [-0.4, -0.2) is 35.4 Å². The summed E-state index contributed by atoms with van der Waals surface area (Å²) in [5, 5.41) is 4.93. The third-order valence-electron chi connectivity index (χ3n) is 9.82. The Bertz CT molecular complexity index is 2780. The summed E-state index contributed by atoms with van der Waals surface area (Å²) < 4.78 is 71.6. The van der Waals surface area contributed by atoms with Crippen molar-refractivity contribution < 1.29 is 49.8 Å². The molecule has 0 radical (unpaired) electrons. The number of ether oxygens (including phenoxy) is 2. The summed E-state index contributed by atoms with van der Waals surface area (Å²) in [6.07, 6.45) is 1.69. The van der Waals surface area contributed by atoms with Crippen LogP contribution < -0.4 is 4.57 Å². The number of benzene rings is 6. The number of esters is 2. The first-order valence-electron chi connectivity index (χ1n) is 20.1. The predicted molar refractivity (Wildman–Crippen MR) is 238 cm³/mol. The molecule has 0 bridgehead atoms. The van der Waals surface area contributed by atoms with Gasteiger partial charge in [-0.05, 0) is 66.8 Å². The molecule has 0 amide bonds. The molecule has 13 heteroatoms. The largest absolute Gasteiger partial charge is 0.741 e. The van der Waals surface area contributed by atoms with Gasteiger partial charge in [-0.3, -0.25) is 9.59 Å². The zero-order valence-corrected chi connectivity index (χ0v) is 35.9. The van der Waals surface area contributed by atoms with Crippen LogP contribution >= 0.6 is 0 Å². The number of carbonyl (C=O) groups excluding carboxylic acids is 2. The van der Waals surface area contributed by atoms with Gasteiger partial charge in [0, 0.05) is 40.1 Å². The summed E-state index contributed by atoms with van der Waals surface area (Å²) in [4.78, 5) is 27.9. The Morgan fingerprint density at radius 2 is 0.921 bits per heavy atom. The van der Waals surface area contributed by atoms with Crippen LogP contribution in [0.1, 0.15) is 48.4 Å². The van der Waals surface area contributed by atoms with Gasteiger partial charge in [0.25, 0.3) is 0 Å². The van der Waals surface area contributed by atoms with Gasteiger partial charge < -0.3 is 14.0 Å². The van der Waals surface area contributed by atoms with Gasteiger partial charge in [-0.2, -0.15) is 17.7 Å². The molecule has 0 saturated heterocycles.